The molecule has 8 heteroatoms. The average molecular weight is 422 g/mol. The molecule has 0 radical (unpaired) electrons. The fraction of sp³-hybridized carbons (Fsp3) is 0.600. The van der Waals surface area contributed by atoms with Crippen molar-refractivity contribution in [2.45, 2.75) is 44.9 Å². The van der Waals surface area contributed by atoms with Crippen LogP contribution >= 0.6 is 11.8 Å². The first-order valence-corrected chi connectivity index (χ1v) is 12.7. The summed E-state index contributed by atoms with van der Waals surface area (Å²) in [5.41, 5.74) is 3.18. The lowest BCUT2D eigenvalue weighted by atomic mass is 10.1. The molecule has 0 unspecified atom stereocenters. The highest BCUT2D eigenvalue weighted by Crippen LogP contribution is 2.43. The first-order valence-electron chi connectivity index (χ1n) is 9.97. The second-order valence-electron chi connectivity index (χ2n) is 7.82. The van der Waals surface area contributed by atoms with Crippen molar-refractivity contribution in [1.29, 1.82) is 0 Å². The zero-order valence-corrected chi connectivity index (χ0v) is 18.2. The van der Waals surface area contributed by atoms with Crippen molar-refractivity contribution in [3.63, 3.8) is 0 Å². The van der Waals surface area contributed by atoms with Gasteiger partial charge in [0.05, 0.1) is 17.5 Å². The van der Waals surface area contributed by atoms with Crippen molar-refractivity contribution >= 4 is 44.0 Å². The minimum absolute atomic E-state index is 0.0578. The first kappa shape index (κ1) is 19.8. The lowest BCUT2D eigenvalue weighted by molar-refractivity contribution is -0.118. The van der Waals surface area contributed by atoms with Crippen molar-refractivity contribution in [3.05, 3.63) is 23.8 Å². The van der Waals surface area contributed by atoms with Gasteiger partial charge in [0.15, 0.2) is 15.0 Å². The van der Waals surface area contributed by atoms with Gasteiger partial charge in [0, 0.05) is 35.6 Å². The fourth-order valence-corrected chi connectivity index (χ4v) is 7.97. The topological polar surface area (TPSA) is 70.0 Å². The van der Waals surface area contributed by atoms with Crippen molar-refractivity contribution in [1.82, 2.24) is 0 Å². The Hall–Kier alpha value is -1.54. The molecule has 2 atom stereocenters. The quantitative estimate of drug-likeness (QED) is 0.728. The molecule has 0 spiro atoms. The zero-order chi connectivity index (χ0) is 20.1. The predicted molar refractivity (Wildman–Crippen MR) is 116 cm³/mol. The Morgan fingerprint density at radius 2 is 1.96 bits per heavy atom. The van der Waals surface area contributed by atoms with Crippen LogP contribution < -0.4 is 9.80 Å². The van der Waals surface area contributed by atoms with E-state index in [4.69, 9.17) is 0 Å². The normalized spacial score (nSPS) is 27.2. The number of amidine groups is 1. The van der Waals surface area contributed by atoms with Gasteiger partial charge >= 0.3 is 0 Å². The number of amides is 1. The Balaban J connectivity index is 1.71. The number of anilines is 2. The van der Waals surface area contributed by atoms with Crippen LogP contribution in [0.4, 0.5) is 11.4 Å². The summed E-state index contributed by atoms with van der Waals surface area (Å²) < 4.78 is 24.4. The molecule has 1 aromatic carbocycles. The van der Waals surface area contributed by atoms with E-state index >= 15 is 0 Å². The number of hydrogen-bond donors (Lipinski definition) is 0. The molecule has 1 amide bonds. The average Bonchev–Trinajstić information content (AvgIpc) is 3.38. The van der Waals surface area contributed by atoms with E-state index in [0.717, 1.165) is 42.9 Å². The molecule has 2 saturated heterocycles. The number of aryl methyl sites for hydroxylation is 1. The zero-order valence-electron chi connectivity index (χ0n) is 16.6. The highest BCUT2D eigenvalue weighted by atomic mass is 32.2. The van der Waals surface area contributed by atoms with Crippen LogP contribution in [0.5, 0.6) is 0 Å². The number of nitrogens with zero attached hydrogens (tertiary/aromatic N) is 3. The molecule has 0 bridgehead atoms. The van der Waals surface area contributed by atoms with Crippen LogP contribution in [-0.4, -0.2) is 55.4 Å². The van der Waals surface area contributed by atoms with Crippen molar-refractivity contribution in [2.75, 3.05) is 34.4 Å². The summed E-state index contributed by atoms with van der Waals surface area (Å²) in [6.07, 6.45) is 1.83. The van der Waals surface area contributed by atoms with Crippen LogP contribution in [0, 0.1) is 12.8 Å². The van der Waals surface area contributed by atoms with E-state index in [1.54, 1.807) is 0 Å². The maximum absolute atomic E-state index is 12.3. The summed E-state index contributed by atoms with van der Waals surface area (Å²) in [5, 5.41) is 0.609. The van der Waals surface area contributed by atoms with Gasteiger partial charge < -0.3 is 9.80 Å². The minimum Gasteiger partial charge on any atom is -0.372 e. The summed E-state index contributed by atoms with van der Waals surface area (Å²) in [5.74, 6) is 0.280. The summed E-state index contributed by atoms with van der Waals surface area (Å²) >= 11 is 1.45. The Bertz CT molecular complexity index is 921. The summed E-state index contributed by atoms with van der Waals surface area (Å²) in [6.45, 7) is 8.17. The highest BCUT2D eigenvalue weighted by molar-refractivity contribution is 8.16. The second-order valence-corrected chi connectivity index (χ2v) is 11.2. The van der Waals surface area contributed by atoms with E-state index in [0.29, 0.717) is 5.17 Å². The lowest BCUT2D eigenvalue weighted by Crippen LogP contribution is -2.38. The van der Waals surface area contributed by atoms with Crippen LogP contribution in [0.15, 0.2) is 23.2 Å². The van der Waals surface area contributed by atoms with E-state index in [9.17, 15) is 13.2 Å². The Morgan fingerprint density at radius 1 is 1.25 bits per heavy atom. The van der Waals surface area contributed by atoms with E-state index in [1.165, 1.54) is 11.8 Å². The lowest BCUT2D eigenvalue weighted by Gasteiger charge is -2.28. The molecule has 1 aromatic rings. The van der Waals surface area contributed by atoms with Gasteiger partial charge in [-0.2, -0.15) is 4.99 Å². The third kappa shape index (κ3) is 3.68. The minimum atomic E-state index is -3.06. The molecule has 0 N–H and O–H groups in total. The van der Waals surface area contributed by atoms with E-state index in [2.05, 4.69) is 35.9 Å². The van der Waals surface area contributed by atoms with E-state index in [-0.39, 0.29) is 34.6 Å². The van der Waals surface area contributed by atoms with Gasteiger partial charge in [-0.1, -0.05) is 11.8 Å². The summed E-state index contributed by atoms with van der Waals surface area (Å²) in [4.78, 5) is 21.1. The molecular weight excluding hydrogens is 394 g/mol. The largest absolute Gasteiger partial charge is 0.372 e. The number of rotatable bonds is 5. The number of fused-ring (bicyclic) bond motifs is 1. The van der Waals surface area contributed by atoms with Crippen molar-refractivity contribution < 1.29 is 13.2 Å². The molecule has 1 saturated carbocycles. The van der Waals surface area contributed by atoms with Gasteiger partial charge in [-0.3, -0.25) is 4.79 Å². The molecule has 152 valence electrons. The van der Waals surface area contributed by atoms with E-state index in [1.807, 2.05) is 17.9 Å². The van der Waals surface area contributed by atoms with Gasteiger partial charge in [-0.15, -0.1) is 0 Å². The van der Waals surface area contributed by atoms with Gasteiger partial charge in [0.1, 0.15) is 0 Å². The predicted octanol–water partition coefficient (Wildman–Crippen LogP) is 2.85. The third-order valence-corrected chi connectivity index (χ3v) is 8.98. The smallest absolute Gasteiger partial charge is 0.251 e. The SMILES string of the molecule is CCN(CC)c1ccc(N2C(=NC(=O)C3CC3)S[C@H]3CS(=O)(=O)C[C@H]32)c(C)c1. The molecule has 0 aromatic heterocycles. The van der Waals surface area contributed by atoms with Crippen LogP contribution in [0.3, 0.4) is 0 Å². The molecule has 28 heavy (non-hydrogen) atoms. The molecule has 3 aliphatic rings. The number of thioether (sulfide) groups is 1. The van der Waals surface area contributed by atoms with Crippen LogP contribution in [-0.2, 0) is 14.6 Å². The Labute approximate surface area is 171 Å². The number of aliphatic imine (C=N–C) groups is 1. The highest BCUT2D eigenvalue weighted by Gasteiger charge is 2.50. The van der Waals surface area contributed by atoms with Crippen molar-refractivity contribution in [3.8, 4) is 0 Å². The van der Waals surface area contributed by atoms with Gasteiger partial charge in [-0.25, -0.2) is 8.42 Å². The Kier molecular flexibility index (Phi) is 5.20. The molecule has 2 heterocycles. The number of sulfone groups is 1. The maximum atomic E-state index is 12.3. The molecule has 6 nitrogen and oxygen atoms in total. The van der Waals surface area contributed by atoms with Crippen LogP contribution in [0.2, 0.25) is 0 Å². The molecule has 1 aliphatic carbocycles. The monoisotopic (exact) mass is 421 g/mol. The molecule has 3 fully saturated rings. The van der Waals surface area contributed by atoms with Crippen LogP contribution in [0.25, 0.3) is 0 Å². The Morgan fingerprint density at radius 3 is 2.57 bits per heavy atom. The van der Waals surface area contributed by atoms with E-state index < -0.39 is 9.84 Å². The summed E-state index contributed by atoms with van der Waals surface area (Å²) in [7, 11) is -3.06. The van der Waals surface area contributed by atoms with Crippen LogP contribution in [0.1, 0.15) is 32.3 Å². The van der Waals surface area contributed by atoms with Crippen molar-refractivity contribution in [2.24, 2.45) is 10.9 Å². The number of carbonyl (C=O) groups is 1. The maximum Gasteiger partial charge on any atom is 0.251 e. The summed E-state index contributed by atoms with van der Waals surface area (Å²) in [6, 6.07) is 6.12. The van der Waals surface area contributed by atoms with Gasteiger partial charge in [0.25, 0.3) is 5.91 Å². The molecular formula is C20H27N3O3S2. The first-order chi connectivity index (χ1) is 13.3. The number of hydrogen-bond acceptors (Lipinski definition) is 5. The van der Waals surface area contributed by atoms with Gasteiger partial charge in [-0.05, 0) is 57.4 Å². The molecule has 4 rings (SSSR count). The number of benzene rings is 1. The van der Waals surface area contributed by atoms with Gasteiger partial charge in [0.2, 0.25) is 0 Å². The second kappa shape index (κ2) is 7.37. The fourth-order valence-electron chi connectivity index (χ4n) is 4.06. The molecule has 2 aliphatic heterocycles. The number of carbonyl (C=O) groups excluding carboxylic acids is 1. The standard InChI is InChI=1S/C20H27N3O3S2/c1-4-22(5-2)15-8-9-16(13(3)10-15)23-17-11-28(25,26)12-18(17)27-20(23)21-19(24)14-6-7-14/h8-10,14,17-18H,4-7,11-12H2,1-3H3/t17-,18+/m1/s1. The third-order valence-electron chi connectivity index (χ3n) is 5.77.